The van der Waals surface area contributed by atoms with Crippen LogP contribution in [0.15, 0.2) is 48.5 Å². The molecule has 2 aromatic rings. The van der Waals surface area contributed by atoms with E-state index in [4.69, 9.17) is 9.47 Å². The number of hydrogen-bond acceptors (Lipinski definition) is 4. The van der Waals surface area contributed by atoms with Gasteiger partial charge < -0.3 is 14.8 Å². The molecule has 1 aliphatic carbocycles. The van der Waals surface area contributed by atoms with Gasteiger partial charge >= 0.3 is 0 Å². The molecule has 5 heteroatoms. The second kappa shape index (κ2) is 9.03. The summed E-state index contributed by atoms with van der Waals surface area (Å²) in [6.07, 6.45) is 8.58. The molecule has 0 radical (unpaired) electrons. The lowest BCUT2D eigenvalue weighted by atomic mass is 10.1. The summed E-state index contributed by atoms with van der Waals surface area (Å²) in [5, 5.41) is 2.71. The van der Waals surface area contributed by atoms with Crippen molar-refractivity contribution in [2.24, 2.45) is 0 Å². The van der Waals surface area contributed by atoms with Crippen LogP contribution < -0.4 is 14.8 Å². The Kier molecular flexibility index (Phi) is 6.26. The number of hydrogen-bond donors (Lipinski definition) is 1. The lowest BCUT2D eigenvalue weighted by Gasteiger charge is -2.16. The number of carbonyl (C=O) groups excluding carboxylic acids is 2. The molecule has 3 rings (SSSR count). The quantitative estimate of drug-likeness (QED) is 0.580. The predicted molar refractivity (Wildman–Crippen MR) is 105 cm³/mol. The molecule has 2 aromatic carbocycles. The minimum absolute atomic E-state index is 0.223. The van der Waals surface area contributed by atoms with Gasteiger partial charge in [0.1, 0.15) is 0 Å². The molecule has 0 spiro atoms. The van der Waals surface area contributed by atoms with Crippen LogP contribution in [0.3, 0.4) is 0 Å². The number of rotatable bonds is 7. The maximum Gasteiger partial charge on any atom is 0.248 e. The third kappa shape index (κ3) is 4.97. The Morgan fingerprint density at radius 3 is 2.63 bits per heavy atom. The minimum Gasteiger partial charge on any atom is -0.493 e. The zero-order chi connectivity index (χ0) is 19.1. The number of benzene rings is 2. The van der Waals surface area contributed by atoms with Gasteiger partial charge in [0.2, 0.25) is 5.91 Å². The molecule has 0 aromatic heterocycles. The van der Waals surface area contributed by atoms with Crippen LogP contribution in [0.25, 0.3) is 6.08 Å². The molecule has 1 fully saturated rings. The fraction of sp³-hybridized carbons (Fsp3) is 0.273. The first-order chi connectivity index (χ1) is 13.2. The minimum atomic E-state index is -0.307. The lowest BCUT2D eigenvalue weighted by molar-refractivity contribution is -0.111. The van der Waals surface area contributed by atoms with Crippen molar-refractivity contribution in [2.45, 2.75) is 31.8 Å². The number of nitrogens with one attached hydrogen (secondary N) is 1. The summed E-state index contributed by atoms with van der Waals surface area (Å²) in [4.78, 5) is 23.2. The van der Waals surface area contributed by atoms with Crippen molar-refractivity contribution < 1.29 is 19.1 Å². The summed E-state index contributed by atoms with van der Waals surface area (Å²) in [5.74, 6) is 1.07. The molecule has 0 heterocycles. The Morgan fingerprint density at radius 2 is 1.89 bits per heavy atom. The van der Waals surface area contributed by atoms with Crippen LogP contribution in [0.1, 0.15) is 41.6 Å². The van der Waals surface area contributed by atoms with Crippen LogP contribution >= 0.6 is 0 Å². The van der Waals surface area contributed by atoms with Gasteiger partial charge in [-0.1, -0.05) is 18.2 Å². The highest BCUT2D eigenvalue weighted by atomic mass is 16.5. The summed E-state index contributed by atoms with van der Waals surface area (Å²) >= 11 is 0. The van der Waals surface area contributed by atoms with Crippen molar-refractivity contribution in [3.63, 3.8) is 0 Å². The van der Waals surface area contributed by atoms with E-state index in [1.54, 1.807) is 37.5 Å². The van der Waals surface area contributed by atoms with Gasteiger partial charge in [0.15, 0.2) is 17.8 Å². The van der Waals surface area contributed by atoms with E-state index in [2.05, 4.69) is 5.32 Å². The average Bonchev–Trinajstić information content (AvgIpc) is 3.20. The molecule has 5 nitrogen and oxygen atoms in total. The topological polar surface area (TPSA) is 64.6 Å². The van der Waals surface area contributed by atoms with Crippen LogP contribution in [-0.4, -0.2) is 25.4 Å². The van der Waals surface area contributed by atoms with Gasteiger partial charge in [-0.05, 0) is 61.6 Å². The maximum atomic E-state index is 12.2. The Morgan fingerprint density at radius 1 is 1.11 bits per heavy atom. The number of ether oxygens (including phenoxy) is 2. The van der Waals surface area contributed by atoms with Gasteiger partial charge in [-0.15, -0.1) is 0 Å². The molecular weight excluding hydrogens is 342 g/mol. The van der Waals surface area contributed by atoms with Crippen LogP contribution in [0, 0.1) is 0 Å². The number of amides is 1. The molecule has 0 atom stereocenters. The zero-order valence-electron chi connectivity index (χ0n) is 15.3. The molecule has 140 valence electrons. The van der Waals surface area contributed by atoms with Crippen LogP contribution in [-0.2, 0) is 4.79 Å². The van der Waals surface area contributed by atoms with Crippen LogP contribution in [0.5, 0.6) is 11.5 Å². The normalized spacial score (nSPS) is 14.3. The average molecular weight is 365 g/mol. The van der Waals surface area contributed by atoms with E-state index >= 15 is 0 Å². The standard InChI is InChI=1S/C22H23NO4/c1-26-20-12-10-16(14-21(20)27-18-7-3-4-8-18)11-13-22(25)23-19-9-5-2-6-17(19)15-24/h2,5-6,9-15,18H,3-4,7-8H2,1H3,(H,23,25)/b13-11+. The zero-order valence-corrected chi connectivity index (χ0v) is 15.3. The smallest absolute Gasteiger partial charge is 0.248 e. The fourth-order valence-corrected chi connectivity index (χ4v) is 3.13. The summed E-state index contributed by atoms with van der Waals surface area (Å²) in [6, 6.07) is 12.4. The molecule has 1 aliphatic rings. The lowest BCUT2D eigenvalue weighted by Crippen LogP contribution is -2.11. The monoisotopic (exact) mass is 365 g/mol. The van der Waals surface area contributed by atoms with E-state index in [1.807, 2.05) is 18.2 Å². The SMILES string of the molecule is COc1ccc(/C=C/C(=O)Nc2ccccc2C=O)cc1OC1CCCC1. The number of anilines is 1. The molecule has 1 amide bonds. The molecule has 0 unspecified atom stereocenters. The third-order valence-corrected chi connectivity index (χ3v) is 4.56. The van der Waals surface area contributed by atoms with E-state index in [1.165, 1.54) is 18.9 Å². The van der Waals surface area contributed by atoms with E-state index in [0.29, 0.717) is 22.7 Å². The van der Waals surface area contributed by atoms with Crippen molar-refractivity contribution in [1.82, 2.24) is 0 Å². The van der Waals surface area contributed by atoms with Crippen molar-refractivity contribution in [2.75, 3.05) is 12.4 Å². The largest absolute Gasteiger partial charge is 0.493 e. The van der Waals surface area contributed by atoms with E-state index < -0.39 is 0 Å². The van der Waals surface area contributed by atoms with Gasteiger partial charge in [-0.2, -0.15) is 0 Å². The fourth-order valence-electron chi connectivity index (χ4n) is 3.13. The van der Waals surface area contributed by atoms with Gasteiger partial charge in [0, 0.05) is 11.6 Å². The highest BCUT2D eigenvalue weighted by Crippen LogP contribution is 2.32. The summed E-state index contributed by atoms with van der Waals surface area (Å²) < 4.78 is 11.5. The number of carbonyl (C=O) groups is 2. The number of para-hydroxylation sites is 1. The second-order valence-corrected chi connectivity index (χ2v) is 6.46. The van der Waals surface area contributed by atoms with E-state index in [9.17, 15) is 9.59 Å². The first-order valence-electron chi connectivity index (χ1n) is 9.07. The van der Waals surface area contributed by atoms with Crippen LogP contribution in [0.2, 0.25) is 0 Å². The van der Waals surface area contributed by atoms with Gasteiger partial charge in [-0.25, -0.2) is 0 Å². The summed E-state index contributed by atoms with van der Waals surface area (Å²) in [5.41, 5.74) is 1.76. The van der Waals surface area contributed by atoms with E-state index in [0.717, 1.165) is 24.7 Å². The first kappa shape index (κ1) is 18.7. The highest BCUT2D eigenvalue weighted by Gasteiger charge is 2.18. The second-order valence-electron chi connectivity index (χ2n) is 6.46. The number of methoxy groups -OCH3 is 1. The van der Waals surface area contributed by atoms with Gasteiger partial charge in [0.05, 0.1) is 18.9 Å². The van der Waals surface area contributed by atoms with Crippen molar-refractivity contribution in [3.05, 3.63) is 59.7 Å². The number of aldehydes is 1. The molecular formula is C22H23NO4. The van der Waals surface area contributed by atoms with Crippen molar-refractivity contribution in [1.29, 1.82) is 0 Å². The van der Waals surface area contributed by atoms with Crippen molar-refractivity contribution in [3.8, 4) is 11.5 Å². The molecule has 0 saturated heterocycles. The van der Waals surface area contributed by atoms with E-state index in [-0.39, 0.29) is 12.0 Å². The molecule has 1 N–H and O–H groups in total. The highest BCUT2D eigenvalue weighted by molar-refractivity contribution is 6.04. The molecule has 27 heavy (non-hydrogen) atoms. The predicted octanol–water partition coefficient (Wildman–Crippen LogP) is 4.48. The Balaban J connectivity index is 1.70. The summed E-state index contributed by atoms with van der Waals surface area (Å²) in [7, 11) is 1.62. The molecule has 0 bridgehead atoms. The van der Waals surface area contributed by atoms with Gasteiger partial charge in [0.25, 0.3) is 0 Å². The molecule has 0 aliphatic heterocycles. The van der Waals surface area contributed by atoms with Gasteiger partial charge in [-0.3, -0.25) is 9.59 Å². The third-order valence-electron chi connectivity index (χ3n) is 4.56. The van der Waals surface area contributed by atoms with Crippen molar-refractivity contribution >= 4 is 24.0 Å². The first-order valence-corrected chi connectivity index (χ1v) is 9.07. The maximum absolute atomic E-state index is 12.2. The summed E-state index contributed by atoms with van der Waals surface area (Å²) in [6.45, 7) is 0. The Hall–Kier alpha value is -3.08. The Labute approximate surface area is 159 Å². The van der Waals surface area contributed by atoms with Crippen LogP contribution in [0.4, 0.5) is 5.69 Å². The Bertz CT molecular complexity index is 838. The molecule has 1 saturated carbocycles.